The van der Waals surface area contributed by atoms with E-state index in [1.54, 1.807) is 19.1 Å². The highest BCUT2D eigenvalue weighted by molar-refractivity contribution is 8.13. The fourth-order valence-electron chi connectivity index (χ4n) is 1.49. The average molecular weight is 306 g/mol. The fourth-order valence-corrected chi connectivity index (χ4v) is 2.71. The van der Waals surface area contributed by atoms with Crippen molar-refractivity contribution in [3.63, 3.8) is 0 Å². The molecule has 0 aliphatic rings. The minimum atomic E-state index is -3.85. The van der Waals surface area contributed by atoms with Crippen LogP contribution in [-0.4, -0.2) is 34.1 Å². The maximum atomic E-state index is 11.8. The summed E-state index contributed by atoms with van der Waals surface area (Å²) in [6, 6.07) is 4.37. The van der Waals surface area contributed by atoms with E-state index in [0.29, 0.717) is 25.3 Å². The topological polar surface area (TPSA) is 72.5 Å². The average Bonchev–Trinajstić information content (AvgIpc) is 2.33. The van der Waals surface area contributed by atoms with Crippen molar-refractivity contribution in [1.29, 1.82) is 0 Å². The maximum absolute atomic E-state index is 11.8. The molecule has 1 aromatic rings. The summed E-state index contributed by atoms with van der Waals surface area (Å²) < 4.78 is 27.8. The lowest BCUT2D eigenvalue weighted by Crippen LogP contribution is -2.27. The molecule has 0 saturated carbocycles. The summed E-state index contributed by atoms with van der Waals surface area (Å²) in [5, 5.41) is 2.63. The minimum Gasteiger partial charge on any atom is -0.380 e. The highest BCUT2D eigenvalue weighted by Crippen LogP contribution is 2.20. The summed E-state index contributed by atoms with van der Waals surface area (Å²) in [4.78, 5) is 11.7. The lowest BCUT2D eigenvalue weighted by atomic mass is 10.1. The second-order valence-corrected chi connectivity index (χ2v) is 6.41. The van der Waals surface area contributed by atoms with Crippen molar-refractivity contribution in [3.05, 3.63) is 29.3 Å². The van der Waals surface area contributed by atoms with Gasteiger partial charge in [-0.1, -0.05) is 6.07 Å². The SMILES string of the molecule is CCOCCNC(=O)c1ccc(C)c(S(=O)(=O)Cl)c1. The van der Waals surface area contributed by atoms with Gasteiger partial charge in [-0.2, -0.15) is 0 Å². The van der Waals surface area contributed by atoms with Gasteiger partial charge in [0.1, 0.15) is 0 Å². The fraction of sp³-hybridized carbons (Fsp3) is 0.417. The van der Waals surface area contributed by atoms with Crippen LogP contribution < -0.4 is 5.32 Å². The summed E-state index contributed by atoms with van der Waals surface area (Å²) in [6.45, 7) is 4.83. The quantitative estimate of drug-likeness (QED) is 0.641. The van der Waals surface area contributed by atoms with Gasteiger partial charge in [0.15, 0.2) is 0 Å². The van der Waals surface area contributed by atoms with Crippen LogP contribution in [0.3, 0.4) is 0 Å². The molecule has 1 rings (SSSR count). The van der Waals surface area contributed by atoms with Gasteiger partial charge in [0.05, 0.1) is 11.5 Å². The number of aryl methyl sites for hydroxylation is 1. The first-order chi connectivity index (χ1) is 8.86. The molecule has 0 saturated heterocycles. The van der Waals surface area contributed by atoms with Crippen molar-refractivity contribution in [2.75, 3.05) is 19.8 Å². The van der Waals surface area contributed by atoms with Crippen molar-refractivity contribution in [3.8, 4) is 0 Å². The number of nitrogens with one attached hydrogen (secondary N) is 1. The second-order valence-electron chi connectivity index (χ2n) is 3.87. The van der Waals surface area contributed by atoms with E-state index in [1.807, 2.05) is 6.92 Å². The number of halogens is 1. The van der Waals surface area contributed by atoms with Gasteiger partial charge >= 0.3 is 0 Å². The molecule has 7 heteroatoms. The molecule has 0 aromatic heterocycles. The number of rotatable bonds is 6. The maximum Gasteiger partial charge on any atom is 0.261 e. The highest BCUT2D eigenvalue weighted by atomic mass is 35.7. The lowest BCUT2D eigenvalue weighted by Gasteiger charge is -2.07. The molecule has 0 aliphatic carbocycles. The third-order valence-corrected chi connectivity index (χ3v) is 3.91. The predicted molar refractivity (Wildman–Crippen MR) is 73.0 cm³/mol. The van der Waals surface area contributed by atoms with E-state index >= 15 is 0 Å². The van der Waals surface area contributed by atoms with E-state index in [2.05, 4.69) is 5.32 Å². The van der Waals surface area contributed by atoms with Gasteiger partial charge < -0.3 is 10.1 Å². The Morgan fingerprint density at radius 2 is 2.11 bits per heavy atom. The van der Waals surface area contributed by atoms with Gasteiger partial charge in [-0.15, -0.1) is 0 Å². The molecule has 0 radical (unpaired) electrons. The molecule has 19 heavy (non-hydrogen) atoms. The number of benzene rings is 1. The molecule has 5 nitrogen and oxygen atoms in total. The Hall–Kier alpha value is -1.11. The van der Waals surface area contributed by atoms with Crippen LogP contribution in [0.4, 0.5) is 0 Å². The van der Waals surface area contributed by atoms with Crippen molar-refractivity contribution < 1.29 is 17.9 Å². The van der Waals surface area contributed by atoms with E-state index in [9.17, 15) is 13.2 Å². The van der Waals surface area contributed by atoms with Crippen LogP contribution in [0, 0.1) is 6.92 Å². The summed E-state index contributed by atoms with van der Waals surface area (Å²) in [7, 11) is 1.46. The van der Waals surface area contributed by atoms with Crippen LogP contribution in [0.15, 0.2) is 23.1 Å². The van der Waals surface area contributed by atoms with Gasteiger partial charge in [-0.05, 0) is 31.5 Å². The zero-order valence-electron chi connectivity index (χ0n) is 10.8. The van der Waals surface area contributed by atoms with E-state index in [-0.39, 0.29) is 16.4 Å². The molecule has 0 unspecified atom stereocenters. The van der Waals surface area contributed by atoms with Crippen LogP contribution in [0.1, 0.15) is 22.8 Å². The first kappa shape index (κ1) is 15.9. The normalized spacial score (nSPS) is 11.3. The van der Waals surface area contributed by atoms with Gasteiger partial charge in [0, 0.05) is 29.4 Å². The van der Waals surface area contributed by atoms with Crippen molar-refractivity contribution in [2.24, 2.45) is 0 Å². The number of hydrogen-bond acceptors (Lipinski definition) is 4. The molecule has 0 spiro atoms. The Kier molecular flexibility index (Phi) is 5.78. The van der Waals surface area contributed by atoms with Crippen molar-refractivity contribution in [1.82, 2.24) is 5.32 Å². The van der Waals surface area contributed by atoms with Gasteiger partial charge in [-0.3, -0.25) is 4.79 Å². The Morgan fingerprint density at radius 3 is 2.68 bits per heavy atom. The van der Waals surface area contributed by atoms with E-state index < -0.39 is 9.05 Å². The summed E-state index contributed by atoms with van der Waals surface area (Å²) in [5.41, 5.74) is 0.752. The summed E-state index contributed by atoms with van der Waals surface area (Å²) >= 11 is 0. The number of carbonyl (C=O) groups is 1. The third-order valence-electron chi connectivity index (χ3n) is 2.45. The molecule has 0 fully saturated rings. The van der Waals surface area contributed by atoms with Crippen LogP contribution in [0.25, 0.3) is 0 Å². The van der Waals surface area contributed by atoms with E-state index in [4.69, 9.17) is 15.4 Å². The van der Waals surface area contributed by atoms with Crippen LogP contribution in [0.2, 0.25) is 0 Å². The molecule has 1 amide bonds. The predicted octanol–water partition coefficient (Wildman–Crippen LogP) is 1.69. The number of amides is 1. The molecule has 1 N–H and O–H groups in total. The second kappa shape index (κ2) is 6.88. The Balaban J connectivity index is 2.82. The van der Waals surface area contributed by atoms with Crippen molar-refractivity contribution in [2.45, 2.75) is 18.7 Å². The van der Waals surface area contributed by atoms with Crippen LogP contribution in [-0.2, 0) is 13.8 Å². The summed E-state index contributed by atoms with van der Waals surface area (Å²) in [6.07, 6.45) is 0. The zero-order valence-corrected chi connectivity index (χ0v) is 12.3. The van der Waals surface area contributed by atoms with E-state index in [1.165, 1.54) is 6.07 Å². The zero-order chi connectivity index (χ0) is 14.5. The molecule has 106 valence electrons. The van der Waals surface area contributed by atoms with E-state index in [0.717, 1.165) is 0 Å². The van der Waals surface area contributed by atoms with Crippen molar-refractivity contribution >= 4 is 25.6 Å². The molecule has 1 aromatic carbocycles. The first-order valence-electron chi connectivity index (χ1n) is 5.77. The minimum absolute atomic E-state index is 0.0494. The molecule has 0 bridgehead atoms. The number of carbonyl (C=O) groups excluding carboxylic acids is 1. The lowest BCUT2D eigenvalue weighted by molar-refractivity contribution is 0.0922. The molecule has 0 heterocycles. The van der Waals surface area contributed by atoms with Gasteiger partial charge in [0.2, 0.25) is 0 Å². The van der Waals surface area contributed by atoms with Gasteiger partial charge in [0.25, 0.3) is 15.0 Å². The Morgan fingerprint density at radius 1 is 1.42 bits per heavy atom. The smallest absolute Gasteiger partial charge is 0.261 e. The largest absolute Gasteiger partial charge is 0.380 e. The molecule has 0 atom stereocenters. The van der Waals surface area contributed by atoms with Gasteiger partial charge in [-0.25, -0.2) is 8.42 Å². The summed E-state index contributed by atoms with van der Waals surface area (Å²) in [5.74, 6) is -0.360. The monoisotopic (exact) mass is 305 g/mol. The Bertz CT molecular complexity index is 557. The van der Waals surface area contributed by atoms with Crippen LogP contribution >= 0.6 is 10.7 Å². The molecule has 0 aliphatic heterocycles. The standard InChI is InChI=1S/C12H16ClNO4S/c1-3-18-7-6-14-12(15)10-5-4-9(2)11(8-10)19(13,16)17/h4-5,8H,3,6-7H2,1-2H3,(H,14,15). The molecular formula is C12H16ClNO4S. The van der Waals surface area contributed by atoms with Crippen LogP contribution in [0.5, 0.6) is 0 Å². The first-order valence-corrected chi connectivity index (χ1v) is 8.08. The number of hydrogen-bond donors (Lipinski definition) is 1. The third kappa shape index (κ3) is 4.81. The highest BCUT2D eigenvalue weighted by Gasteiger charge is 2.16. The Labute approximate surface area is 117 Å². The molecular weight excluding hydrogens is 290 g/mol. The number of ether oxygens (including phenoxy) is 1.